The minimum atomic E-state index is -0.850. The van der Waals surface area contributed by atoms with Crippen molar-refractivity contribution >= 4 is 34.9 Å². The third-order valence-electron chi connectivity index (χ3n) is 2.48. The molecule has 2 aromatic carbocycles. The van der Waals surface area contributed by atoms with Crippen molar-refractivity contribution in [2.75, 3.05) is 0 Å². The normalized spacial score (nSPS) is 10.2. The van der Waals surface area contributed by atoms with E-state index in [-0.39, 0.29) is 21.4 Å². The highest BCUT2D eigenvalue weighted by Gasteiger charge is 2.18. The first-order valence-corrected chi connectivity index (χ1v) is 6.25. The molecule has 0 atom stereocenters. The van der Waals surface area contributed by atoms with Crippen LogP contribution in [0, 0.1) is 15.9 Å². The van der Waals surface area contributed by atoms with E-state index in [4.69, 9.17) is 27.9 Å². The number of nitro benzene ring substituents is 1. The van der Waals surface area contributed by atoms with E-state index in [2.05, 4.69) is 0 Å². The number of esters is 1. The van der Waals surface area contributed by atoms with Crippen molar-refractivity contribution < 1.29 is 18.8 Å². The third-order valence-corrected chi connectivity index (χ3v) is 3.09. The van der Waals surface area contributed by atoms with Gasteiger partial charge in [0.2, 0.25) is 0 Å². The second-order valence-electron chi connectivity index (χ2n) is 3.89. The Balaban J connectivity index is 2.26. The molecule has 5 nitrogen and oxygen atoms in total. The lowest BCUT2D eigenvalue weighted by molar-refractivity contribution is -0.384. The summed E-state index contributed by atoms with van der Waals surface area (Å²) in [5.41, 5.74) is -0.477. The topological polar surface area (TPSA) is 69.4 Å². The van der Waals surface area contributed by atoms with Crippen LogP contribution in [0.15, 0.2) is 36.4 Å². The van der Waals surface area contributed by atoms with Gasteiger partial charge in [-0.2, -0.15) is 0 Å². The van der Waals surface area contributed by atoms with Gasteiger partial charge >= 0.3 is 5.97 Å². The van der Waals surface area contributed by atoms with Crippen LogP contribution in [0.2, 0.25) is 10.0 Å². The Morgan fingerprint density at radius 2 is 1.86 bits per heavy atom. The number of hydrogen-bond acceptors (Lipinski definition) is 4. The van der Waals surface area contributed by atoms with Gasteiger partial charge in [0, 0.05) is 12.1 Å². The summed E-state index contributed by atoms with van der Waals surface area (Å²) in [6, 6.07) is 6.87. The van der Waals surface area contributed by atoms with Crippen molar-refractivity contribution in [3.8, 4) is 5.75 Å². The fraction of sp³-hybridized carbons (Fsp3) is 0. The van der Waals surface area contributed by atoms with Crippen molar-refractivity contribution in [3.63, 3.8) is 0 Å². The molecule has 2 rings (SSSR count). The lowest BCUT2D eigenvalue weighted by atomic mass is 10.2. The first-order valence-electron chi connectivity index (χ1n) is 5.49. The minimum Gasteiger partial charge on any atom is -0.423 e. The number of rotatable bonds is 3. The summed E-state index contributed by atoms with van der Waals surface area (Å²) >= 11 is 11.2. The van der Waals surface area contributed by atoms with Gasteiger partial charge < -0.3 is 4.74 Å². The van der Waals surface area contributed by atoms with Crippen LogP contribution in [-0.4, -0.2) is 10.9 Å². The zero-order valence-corrected chi connectivity index (χ0v) is 11.7. The average Bonchev–Trinajstić information content (AvgIpc) is 2.43. The lowest BCUT2D eigenvalue weighted by Crippen LogP contribution is -2.09. The van der Waals surface area contributed by atoms with E-state index in [0.29, 0.717) is 0 Å². The number of halogens is 3. The van der Waals surface area contributed by atoms with Crippen LogP contribution in [0.25, 0.3) is 0 Å². The highest BCUT2D eigenvalue weighted by atomic mass is 35.5. The predicted molar refractivity (Wildman–Crippen MR) is 74.5 cm³/mol. The first kappa shape index (κ1) is 15.2. The number of benzene rings is 2. The van der Waals surface area contributed by atoms with E-state index in [1.165, 1.54) is 18.2 Å². The molecular formula is C13H6Cl2FNO4. The van der Waals surface area contributed by atoms with Crippen LogP contribution in [0.5, 0.6) is 5.75 Å². The Bertz CT molecular complexity index is 736. The lowest BCUT2D eigenvalue weighted by Gasteiger charge is -2.05. The van der Waals surface area contributed by atoms with Gasteiger partial charge in [0.15, 0.2) is 0 Å². The number of hydrogen-bond donors (Lipinski definition) is 0. The summed E-state index contributed by atoms with van der Waals surface area (Å²) in [5.74, 6) is -1.49. The van der Waals surface area contributed by atoms with Crippen LogP contribution in [0.4, 0.5) is 10.1 Å². The van der Waals surface area contributed by atoms with Gasteiger partial charge in [-0.25, -0.2) is 9.18 Å². The van der Waals surface area contributed by atoms with Crippen LogP contribution in [-0.2, 0) is 0 Å². The van der Waals surface area contributed by atoms with Gasteiger partial charge in [-0.05, 0) is 24.3 Å². The van der Waals surface area contributed by atoms with E-state index in [9.17, 15) is 19.3 Å². The van der Waals surface area contributed by atoms with Crippen LogP contribution >= 0.6 is 23.2 Å². The van der Waals surface area contributed by atoms with Crippen molar-refractivity contribution in [1.82, 2.24) is 0 Å². The molecular weight excluding hydrogens is 324 g/mol. The molecule has 0 saturated heterocycles. The molecule has 8 heteroatoms. The molecule has 0 unspecified atom stereocenters. The monoisotopic (exact) mass is 329 g/mol. The van der Waals surface area contributed by atoms with Crippen molar-refractivity contribution in [2.45, 2.75) is 0 Å². The Morgan fingerprint density at radius 1 is 1.14 bits per heavy atom. The van der Waals surface area contributed by atoms with E-state index >= 15 is 0 Å². The minimum absolute atomic E-state index is 0.0176. The Kier molecular flexibility index (Phi) is 4.40. The summed E-state index contributed by atoms with van der Waals surface area (Å²) < 4.78 is 17.9. The highest BCUT2D eigenvalue weighted by molar-refractivity contribution is 6.32. The van der Waals surface area contributed by atoms with E-state index in [1.807, 2.05) is 0 Å². The van der Waals surface area contributed by atoms with E-state index in [1.54, 1.807) is 0 Å². The zero-order chi connectivity index (χ0) is 15.6. The molecule has 21 heavy (non-hydrogen) atoms. The summed E-state index contributed by atoms with van der Waals surface area (Å²) in [6.07, 6.45) is 0. The summed E-state index contributed by atoms with van der Waals surface area (Å²) in [4.78, 5) is 21.9. The number of carbonyl (C=O) groups excluding carboxylic acids is 1. The number of carbonyl (C=O) groups is 1. The molecule has 0 aliphatic carbocycles. The first-order chi connectivity index (χ1) is 9.88. The second kappa shape index (κ2) is 6.07. The van der Waals surface area contributed by atoms with Crippen LogP contribution < -0.4 is 4.74 Å². The van der Waals surface area contributed by atoms with Crippen molar-refractivity contribution in [1.29, 1.82) is 0 Å². The maximum Gasteiger partial charge on any atom is 0.343 e. The van der Waals surface area contributed by atoms with Crippen molar-refractivity contribution in [2.24, 2.45) is 0 Å². The number of nitrogens with zero attached hydrogens (tertiary/aromatic N) is 1. The zero-order valence-electron chi connectivity index (χ0n) is 10.2. The molecule has 0 saturated carbocycles. The van der Waals surface area contributed by atoms with Gasteiger partial charge in [0.25, 0.3) is 5.69 Å². The quantitative estimate of drug-likeness (QED) is 0.365. The van der Waals surface area contributed by atoms with Gasteiger partial charge in [0.1, 0.15) is 16.6 Å². The summed E-state index contributed by atoms with van der Waals surface area (Å²) in [6.45, 7) is 0. The Hall–Kier alpha value is -2.18. The summed E-state index contributed by atoms with van der Waals surface area (Å²) in [5, 5.41) is 10.4. The standard InChI is InChI=1S/C13H6Cl2FNO4/c14-9-3-1-7(5-12(9)17(19)20)13(18)21-8-2-4-11(16)10(15)6-8/h1-6H. The molecule has 0 aromatic heterocycles. The third kappa shape index (κ3) is 3.48. The maximum atomic E-state index is 13.0. The van der Waals surface area contributed by atoms with E-state index < -0.39 is 22.4 Å². The SMILES string of the molecule is O=C(Oc1ccc(F)c(Cl)c1)c1ccc(Cl)c([N+](=O)[O-])c1. The molecule has 0 bridgehead atoms. The number of ether oxygens (including phenoxy) is 1. The van der Waals surface area contributed by atoms with Crippen LogP contribution in [0.3, 0.4) is 0 Å². The van der Waals surface area contributed by atoms with Gasteiger partial charge in [0.05, 0.1) is 15.5 Å². The van der Waals surface area contributed by atoms with Crippen LogP contribution in [0.1, 0.15) is 10.4 Å². The fourth-order valence-electron chi connectivity index (χ4n) is 1.49. The molecule has 0 aliphatic rings. The molecule has 0 radical (unpaired) electrons. The molecule has 0 heterocycles. The Labute approximate surface area is 128 Å². The highest BCUT2D eigenvalue weighted by Crippen LogP contribution is 2.26. The van der Waals surface area contributed by atoms with Gasteiger partial charge in [-0.3, -0.25) is 10.1 Å². The van der Waals surface area contributed by atoms with Gasteiger partial charge in [-0.1, -0.05) is 23.2 Å². The molecule has 0 amide bonds. The molecule has 108 valence electrons. The molecule has 2 aromatic rings. The average molecular weight is 330 g/mol. The number of nitro groups is 1. The van der Waals surface area contributed by atoms with E-state index in [0.717, 1.165) is 18.2 Å². The molecule has 0 aliphatic heterocycles. The summed E-state index contributed by atoms with van der Waals surface area (Å²) in [7, 11) is 0. The smallest absolute Gasteiger partial charge is 0.343 e. The predicted octanol–water partition coefficient (Wildman–Crippen LogP) is 4.26. The van der Waals surface area contributed by atoms with Gasteiger partial charge in [-0.15, -0.1) is 0 Å². The largest absolute Gasteiger partial charge is 0.423 e. The maximum absolute atomic E-state index is 13.0. The molecule has 0 N–H and O–H groups in total. The van der Waals surface area contributed by atoms with Crippen molar-refractivity contribution in [3.05, 3.63) is 67.9 Å². The Morgan fingerprint density at radius 3 is 2.48 bits per heavy atom. The second-order valence-corrected chi connectivity index (χ2v) is 4.70. The molecule has 0 spiro atoms. The fourth-order valence-corrected chi connectivity index (χ4v) is 1.84. The molecule has 0 fully saturated rings.